The Balaban J connectivity index is 1.26. The SMILES string of the molecule is CC(C)c1nn(-c2ccc(C(N)=O)c(NC3(O)CCCCC3)c2)c2nccc(-n3cnc(-c4cnn(Cc5ccccc5)c4)c3)c12. The zero-order valence-corrected chi connectivity index (χ0v) is 26.0. The molecule has 0 radical (unpaired) electrons. The Bertz CT molecular complexity index is 2020. The second-order valence-corrected chi connectivity index (χ2v) is 12.4. The van der Waals surface area contributed by atoms with Crippen LogP contribution in [0.2, 0.25) is 0 Å². The van der Waals surface area contributed by atoms with Crippen LogP contribution in [0.25, 0.3) is 33.7 Å². The van der Waals surface area contributed by atoms with E-state index in [1.807, 2.05) is 64.2 Å². The highest BCUT2D eigenvalue weighted by molar-refractivity contribution is 5.99. The largest absolute Gasteiger partial charge is 0.371 e. The topological polar surface area (TPSA) is 142 Å². The molecule has 234 valence electrons. The summed E-state index contributed by atoms with van der Waals surface area (Å²) in [5.74, 6) is -0.472. The molecule has 0 aliphatic heterocycles. The number of anilines is 1. The van der Waals surface area contributed by atoms with E-state index in [2.05, 4.69) is 36.4 Å². The third-order valence-corrected chi connectivity index (χ3v) is 8.66. The van der Waals surface area contributed by atoms with E-state index in [0.29, 0.717) is 42.0 Å². The number of carbonyl (C=O) groups excluding carboxylic acids is 1. The van der Waals surface area contributed by atoms with Crippen LogP contribution < -0.4 is 11.1 Å². The number of fused-ring (bicyclic) bond motifs is 1. The number of imidazole rings is 1. The van der Waals surface area contributed by atoms with Crippen molar-refractivity contribution in [1.29, 1.82) is 0 Å². The van der Waals surface area contributed by atoms with Crippen LogP contribution in [0, 0.1) is 0 Å². The molecule has 0 unspecified atom stereocenters. The van der Waals surface area contributed by atoms with Crippen molar-refractivity contribution in [1.82, 2.24) is 34.1 Å². The van der Waals surface area contributed by atoms with E-state index >= 15 is 0 Å². The number of primary amides is 1. The van der Waals surface area contributed by atoms with E-state index in [0.717, 1.165) is 47.3 Å². The van der Waals surface area contributed by atoms with Crippen molar-refractivity contribution in [2.45, 2.75) is 64.1 Å². The minimum atomic E-state index is -1.10. The van der Waals surface area contributed by atoms with E-state index < -0.39 is 11.6 Å². The van der Waals surface area contributed by atoms with E-state index in [4.69, 9.17) is 20.8 Å². The van der Waals surface area contributed by atoms with Crippen molar-refractivity contribution in [3.63, 3.8) is 0 Å². The van der Waals surface area contributed by atoms with Gasteiger partial charge in [0.25, 0.3) is 5.91 Å². The lowest BCUT2D eigenvalue weighted by atomic mass is 9.91. The van der Waals surface area contributed by atoms with Crippen molar-refractivity contribution in [2.24, 2.45) is 5.73 Å². The zero-order chi connectivity index (χ0) is 31.8. The van der Waals surface area contributed by atoms with Gasteiger partial charge in [-0.15, -0.1) is 0 Å². The first-order valence-corrected chi connectivity index (χ1v) is 15.7. The number of benzene rings is 2. The summed E-state index contributed by atoms with van der Waals surface area (Å²) in [5.41, 5.74) is 11.5. The fourth-order valence-electron chi connectivity index (χ4n) is 6.30. The summed E-state index contributed by atoms with van der Waals surface area (Å²) in [7, 11) is 0. The van der Waals surface area contributed by atoms with Crippen molar-refractivity contribution in [3.05, 3.63) is 103 Å². The summed E-state index contributed by atoms with van der Waals surface area (Å²) in [6, 6.07) is 17.5. The molecule has 11 nitrogen and oxygen atoms in total. The highest BCUT2D eigenvalue weighted by Gasteiger charge is 2.30. The first kappa shape index (κ1) is 29.4. The number of aliphatic hydroxyl groups is 1. The molecule has 4 N–H and O–H groups in total. The quantitative estimate of drug-likeness (QED) is 0.174. The molecule has 4 aromatic heterocycles. The minimum Gasteiger partial charge on any atom is -0.371 e. The Morgan fingerprint density at radius 1 is 1.04 bits per heavy atom. The van der Waals surface area contributed by atoms with Crippen LogP contribution in [0.5, 0.6) is 0 Å². The van der Waals surface area contributed by atoms with Gasteiger partial charge in [-0.25, -0.2) is 14.6 Å². The van der Waals surface area contributed by atoms with Crippen LogP contribution in [0.1, 0.15) is 73.5 Å². The maximum Gasteiger partial charge on any atom is 0.250 e. The number of hydrogen-bond donors (Lipinski definition) is 3. The first-order valence-electron chi connectivity index (χ1n) is 15.7. The molecule has 46 heavy (non-hydrogen) atoms. The molecule has 4 heterocycles. The molecule has 0 saturated heterocycles. The number of hydrogen-bond acceptors (Lipinski definition) is 7. The standard InChI is InChI=1S/C35H37N9O2/c1-23(2)32-31-30(42-21-29(38-22-42)25-18-39-43(20-25)19-24-9-5-3-6-10-24)13-16-37-34(31)44(41-32)26-11-12-27(33(36)45)28(17-26)40-35(46)14-7-4-8-15-35/h3,5-6,9-13,16-18,20-23,40,46H,4,7-8,14-15,19H2,1-2H3,(H2,36,45). The van der Waals surface area contributed by atoms with Crippen LogP contribution in [-0.4, -0.2) is 50.8 Å². The van der Waals surface area contributed by atoms with Crippen LogP contribution in [-0.2, 0) is 6.54 Å². The van der Waals surface area contributed by atoms with Gasteiger partial charge in [-0.3, -0.25) is 9.48 Å². The molecule has 0 spiro atoms. The monoisotopic (exact) mass is 615 g/mol. The highest BCUT2D eigenvalue weighted by atomic mass is 16.3. The van der Waals surface area contributed by atoms with E-state index in [1.165, 1.54) is 5.56 Å². The Morgan fingerprint density at radius 3 is 2.61 bits per heavy atom. The molecular formula is C35H37N9O2. The minimum absolute atomic E-state index is 0.0938. The first-order chi connectivity index (χ1) is 22.3. The molecule has 1 aliphatic carbocycles. The van der Waals surface area contributed by atoms with Gasteiger partial charge in [-0.05, 0) is 61.4 Å². The fourth-order valence-corrected chi connectivity index (χ4v) is 6.30. The van der Waals surface area contributed by atoms with Crippen LogP contribution >= 0.6 is 0 Å². The van der Waals surface area contributed by atoms with Crippen molar-refractivity contribution in [3.8, 4) is 22.6 Å². The highest BCUT2D eigenvalue weighted by Crippen LogP contribution is 2.35. The van der Waals surface area contributed by atoms with E-state index in [-0.39, 0.29) is 5.92 Å². The zero-order valence-electron chi connectivity index (χ0n) is 26.0. The lowest BCUT2D eigenvalue weighted by Gasteiger charge is -2.34. The van der Waals surface area contributed by atoms with E-state index in [9.17, 15) is 9.90 Å². The smallest absolute Gasteiger partial charge is 0.250 e. The summed E-state index contributed by atoms with van der Waals surface area (Å²) in [6.45, 7) is 4.89. The van der Waals surface area contributed by atoms with Gasteiger partial charge < -0.3 is 20.7 Å². The number of nitrogens with one attached hydrogen (secondary N) is 1. The number of carbonyl (C=O) groups is 1. The Labute approximate surface area is 266 Å². The predicted molar refractivity (Wildman–Crippen MR) is 177 cm³/mol. The number of pyridine rings is 1. The number of aromatic nitrogens is 7. The fraction of sp³-hybridized carbons (Fsp3) is 0.286. The van der Waals surface area contributed by atoms with Gasteiger partial charge in [0.1, 0.15) is 5.72 Å². The summed E-state index contributed by atoms with van der Waals surface area (Å²) < 4.78 is 5.70. The molecule has 11 heteroatoms. The van der Waals surface area contributed by atoms with Gasteiger partial charge in [0.15, 0.2) is 5.65 Å². The predicted octanol–water partition coefficient (Wildman–Crippen LogP) is 5.80. The summed E-state index contributed by atoms with van der Waals surface area (Å²) >= 11 is 0. The molecule has 2 aromatic carbocycles. The lowest BCUT2D eigenvalue weighted by Crippen LogP contribution is -2.40. The molecule has 1 fully saturated rings. The van der Waals surface area contributed by atoms with Crippen molar-refractivity contribution >= 4 is 22.6 Å². The van der Waals surface area contributed by atoms with Gasteiger partial charge in [-0.2, -0.15) is 10.2 Å². The number of nitrogens with two attached hydrogens (primary N) is 1. The summed E-state index contributed by atoms with van der Waals surface area (Å²) in [6.07, 6.45) is 13.5. The number of rotatable bonds is 9. The van der Waals surface area contributed by atoms with Crippen LogP contribution in [0.4, 0.5) is 5.69 Å². The van der Waals surface area contributed by atoms with Crippen LogP contribution in [0.3, 0.4) is 0 Å². The number of nitrogens with zero attached hydrogens (tertiary/aromatic N) is 7. The van der Waals surface area contributed by atoms with Gasteiger partial charge in [0.2, 0.25) is 0 Å². The molecule has 6 aromatic rings. The van der Waals surface area contributed by atoms with Gasteiger partial charge in [0, 0.05) is 24.2 Å². The molecule has 1 saturated carbocycles. The Hall–Kier alpha value is -5.29. The average molecular weight is 616 g/mol. The normalized spacial score (nSPS) is 14.6. The second kappa shape index (κ2) is 11.9. The molecule has 0 atom stereocenters. The maximum atomic E-state index is 12.4. The molecule has 0 bridgehead atoms. The maximum absolute atomic E-state index is 12.4. The van der Waals surface area contributed by atoms with Crippen LogP contribution in [0.15, 0.2) is 85.7 Å². The molecular weight excluding hydrogens is 578 g/mol. The average Bonchev–Trinajstić information content (AvgIpc) is 3.80. The van der Waals surface area contributed by atoms with Gasteiger partial charge in [-0.1, -0.05) is 50.6 Å². The third kappa shape index (κ3) is 5.65. The molecule has 7 rings (SSSR count). The van der Waals surface area contributed by atoms with Gasteiger partial charge >= 0.3 is 0 Å². The molecule has 1 amide bonds. The van der Waals surface area contributed by atoms with Gasteiger partial charge in [0.05, 0.1) is 58.5 Å². The number of amides is 1. The molecule has 1 aliphatic rings. The third-order valence-electron chi connectivity index (χ3n) is 8.66. The van der Waals surface area contributed by atoms with Crippen molar-refractivity contribution < 1.29 is 9.90 Å². The van der Waals surface area contributed by atoms with Crippen molar-refractivity contribution in [2.75, 3.05) is 5.32 Å². The van der Waals surface area contributed by atoms with E-state index in [1.54, 1.807) is 23.3 Å². The second-order valence-electron chi connectivity index (χ2n) is 12.4. The lowest BCUT2D eigenvalue weighted by molar-refractivity contribution is 0.0316. The Morgan fingerprint density at radius 2 is 1.85 bits per heavy atom. The summed E-state index contributed by atoms with van der Waals surface area (Å²) in [5, 5.41) is 25.0. The summed E-state index contributed by atoms with van der Waals surface area (Å²) in [4.78, 5) is 21.8. The Kier molecular flexibility index (Phi) is 7.61.